The second kappa shape index (κ2) is 5.06. The van der Waals surface area contributed by atoms with Crippen molar-refractivity contribution in [3.05, 3.63) is 53.3 Å². The number of hydrazine groups is 1. The van der Waals surface area contributed by atoms with E-state index >= 15 is 0 Å². The van der Waals surface area contributed by atoms with Crippen LogP contribution in [0.3, 0.4) is 0 Å². The average molecular weight is 284 g/mol. The zero-order chi connectivity index (χ0) is 15.0. The number of nitrogens with one attached hydrogen (secondary N) is 1. The minimum atomic E-state index is -0.357. The van der Waals surface area contributed by atoms with Gasteiger partial charge in [-0.3, -0.25) is 10.2 Å². The van der Waals surface area contributed by atoms with Crippen LogP contribution in [-0.4, -0.2) is 15.5 Å². The van der Waals surface area contributed by atoms with Gasteiger partial charge in [0.2, 0.25) is 0 Å². The first-order valence-electron chi connectivity index (χ1n) is 6.61. The summed E-state index contributed by atoms with van der Waals surface area (Å²) < 4.78 is 7.77. The van der Waals surface area contributed by atoms with E-state index in [1.165, 1.54) is 0 Å². The number of carbonyl (C=O) groups excluding carboxylic acids is 1. The van der Waals surface area contributed by atoms with Gasteiger partial charge in [0.15, 0.2) is 0 Å². The number of fused-ring (bicyclic) bond motifs is 1. The maximum absolute atomic E-state index is 12.1. The highest BCUT2D eigenvalue weighted by atomic mass is 16.3. The zero-order valence-corrected chi connectivity index (χ0v) is 11.9. The molecule has 3 N–H and O–H groups in total. The van der Waals surface area contributed by atoms with Crippen molar-refractivity contribution in [2.24, 2.45) is 5.84 Å². The summed E-state index contributed by atoms with van der Waals surface area (Å²) in [5.41, 5.74) is 5.31. The summed E-state index contributed by atoms with van der Waals surface area (Å²) in [5.74, 6) is 5.50. The molecule has 3 aromatic rings. The van der Waals surface area contributed by atoms with Crippen LogP contribution >= 0.6 is 0 Å². The summed E-state index contributed by atoms with van der Waals surface area (Å²) in [7, 11) is 0. The first-order chi connectivity index (χ1) is 10.1. The molecule has 0 atom stereocenters. The molecule has 1 aromatic carbocycles. The number of aromatic nitrogens is 2. The molecule has 0 bridgehead atoms. The van der Waals surface area contributed by atoms with Crippen LogP contribution in [0.15, 0.2) is 35.0 Å². The predicted octanol–water partition coefficient (Wildman–Crippen LogP) is 1.90. The van der Waals surface area contributed by atoms with Crippen LogP contribution in [0.1, 0.15) is 27.5 Å². The van der Waals surface area contributed by atoms with Gasteiger partial charge in [0.25, 0.3) is 5.91 Å². The van der Waals surface area contributed by atoms with Crippen molar-refractivity contribution >= 4 is 16.9 Å². The molecule has 0 aliphatic carbocycles. The van der Waals surface area contributed by atoms with Crippen molar-refractivity contribution in [1.82, 2.24) is 15.0 Å². The average Bonchev–Trinajstić information content (AvgIpc) is 3.01. The van der Waals surface area contributed by atoms with Crippen LogP contribution < -0.4 is 11.3 Å². The highest BCUT2D eigenvalue weighted by molar-refractivity contribution is 6.07. The smallest absolute Gasteiger partial charge is 0.269 e. The summed E-state index contributed by atoms with van der Waals surface area (Å²) in [5, 5.41) is 0.755. The third-order valence-corrected chi connectivity index (χ3v) is 3.69. The van der Waals surface area contributed by atoms with Gasteiger partial charge in [0.1, 0.15) is 11.3 Å². The van der Waals surface area contributed by atoms with Gasteiger partial charge in [0.05, 0.1) is 24.1 Å². The number of imidazole rings is 1. The summed E-state index contributed by atoms with van der Waals surface area (Å²) in [6, 6.07) is 7.41. The molecule has 0 saturated heterocycles. The number of aryl methyl sites for hydroxylation is 1. The van der Waals surface area contributed by atoms with Crippen molar-refractivity contribution in [1.29, 1.82) is 0 Å². The van der Waals surface area contributed by atoms with E-state index in [4.69, 9.17) is 10.3 Å². The number of nitrogens with zero attached hydrogens (tertiary/aromatic N) is 2. The molecule has 6 heteroatoms. The molecule has 0 fully saturated rings. The molecule has 21 heavy (non-hydrogen) atoms. The van der Waals surface area contributed by atoms with Gasteiger partial charge in [0, 0.05) is 11.1 Å². The number of nitrogens with two attached hydrogens (primary N) is 1. The molecular weight excluding hydrogens is 268 g/mol. The predicted molar refractivity (Wildman–Crippen MR) is 78.7 cm³/mol. The lowest BCUT2D eigenvalue weighted by Gasteiger charge is -2.05. The van der Waals surface area contributed by atoms with Crippen LogP contribution in [0.25, 0.3) is 11.0 Å². The summed E-state index contributed by atoms with van der Waals surface area (Å²) in [6.07, 6.45) is 1.74. The molecule has 0 saturated carbocycles. The molecule has 0 aliphatic heterocycles. The molecule has 108 valence electrons. The second-order valence-corrected chi connectivity index (χ2v) is 4.91. The molecule has 1 amide bonds. The number of para-hydroxylation sites is 1. The fourth-order valence-electron chi connectivity index (χ4n) is 2.39. The van der Waals surface area contributed by atoms with E-state index in [9.17, 15) is 4.79 Å². The fraction of sp³-hybridized carbons (Fsp3) is 0.200. The topological polar surface area (TPSA) is 86.1 Å². The molecule has 0 radical (unpaired) electrons. The van der Waals surface area contributed by atoms with Gasteiger partial charge >= 0.3 is 0 Å². The number of benzene rings is 1. The number of nitrogen functional groups attached to an aromatic ring is 1. The molecule has 6 nitrogen and oxygen atoms in total. The Hall–Kier alpha value is -2.60. The Morgan fingerprint density at radius 3 is 2.81 bits per heavy atom. The molecular formula is C15H16N4O2. The van der Waals surface area contributed by atoms with Gasteiger partial charge in [-0.2, -0.15) is 0 Å². The lowest BCUT2D eigenvalue weighted by molar-refractivity contribution is 0.0953. The quantitative estimate of drug-likeness (QED) is 0.437. The number of amides is 1. The minimum Gasteiger partial charge on any atom is -0.458 e. The van der Waals surface area contributed by atoms with Crippen LogP contribution in [-0.2, 0) is 6.54 Å². The Kier molecular flexibility index (Phi) is 3.23. The molecule has 0 aliphatic rings. The standard InChI is InChI=1S/C15H16N4O2/c1-9-10(2)19(8-17-9)7-13-14(15(20)18-16)11-5-3-4-6-12(11)21-13/h3-6,8H,7,16H2,1-2H3,(H,18,20). The van der Waals surface area contributed by atoms with Crippen molar-refractivity contribution in [3.8, 4) is 0 Å². The van der Waals surface area contributed by atoms with E-state index in [1.807, 2.05) is 42.7 Å². The molecule has 2 heterocycles. The van der Waals surface area contributed by atoms with Crippen molar-refractivity contribution in [3.63, 3.8) is 0 Å². The summed E-state index contributed by atoms with van der Waals surface area (Å²) in [6.45, 7) is 4.36. The van der Waals surface area contributed by atoms with Crippen LogP contribution in [0, 0.1) is 13.8 Å². The van der Waals surface area contributed by atoms with Gasteiger partial charge in [-0.1, -0.05) is 18.2 Å². The fourth-order valence-corrected chi connectivity index (χ4v) is 2.39. The molecule has 0 spiro atoms. The van der Waals surface area contributed by atoms with Gasteiger partial charge in [-0.15, -0.1) is 0 Å². The Bertz CT molecular complexity index is 816. The molecule has 0 unspecified atom stereocenters. The third kappa shape index (κ3) is 2.19. The highest BCUT2D eigenvalue weighted by Gasteiger charge is 2.20. The monoisotopic (exact) mass is 284 g/mol. The van der Waals surface area contributed by atoms with E-state index in [0.29, 0.717) is 23.5 Å². The lowest BCUT2D eigenvalue weighted by Crippen LogP contribution is -2.30. The Morgan fingerprint density at radius 2 is 2.14 bits per heavy atom. The zero-order valence-electron chi connectivity index (χ0n) is 11.9. The van der Waals surface area contributed by atoms with Crippen molar-refractivity contribution in [2.45, 2.75) is 20.4 Å². The first-order valence-corrected chi connectivity index (χ1v) is 6.61. The van der Waals surface area contributed by atoms with Crippen LogP contribution in [0.4, 0.5) is 0 Å². The van der Waals surface area contributed by atoms with Gasteiger partial charge in [-0.25, -0.2) is 10.8 Å². The minimum absolute atomic E-state index is 0.357. The van der Waals surface area contributed by atoms with E-state index in [2.05, 4.69) is 10.4 Å². The Morgan fingerprint density at radius 1 is 1.38 bits per heavy atom. The maximum Gasteiger partial charge on any atom is 0.269 e. The Labute approximate surface area is 121 Å². The van der Waals surface area contributed by atoms with Crippen LogP contribution in [0.5, 0.6) is 0 Å². The van der Waals surface area contributed by atoms with Crippen LogP contribution in [0.2, 0.25) is 0 Å². The lowest BCUT2D eigenvalue weighted by atomic mass is 10.1. The van der Waals surface area contributed by atoms with E-state index in [0.717, 1.165) is 16.8 Å². The largest absolute Gasteiger partial charge is 0.458 e. The van der Waals surface area contributed by atoms with Crippen molar-refractivity contribution in [2.75, 3.05) is 0 Å². The van der Waals surface area contributed by atoms with Gasteiger partial charge < -0.3 is 8.98 Å². The number of rotatable bonds is 3. The second-order valence-electron chi connectivity index (χ2n) is 4.91. The number of hydrogen-bond acceptors (Lipinski definition) is 4. The summed E-state index contributed by atoms with van der Waals surface area (Å²) in [4.78, 5) is 16.3. The molecule has 2 aromatic heterocycles. The maximum atomic E-state index is 12.1. The van der Waals surface area contributed by atoms with Crippen molar-refractivity contribution < 1.29 is 9.21 Å². The number of hydrogen-bond donors (Lipinski definition) is 2. The number of carbonyl (C=O) groups is 1. The number of furan rings is 1. The SMILES string of the molecule is Cc1ncn(Cc2oc3ccccc3c2C(=O)NN)c1C. The van der Waals surface area contributed by atoms with E-state index < -0.39 is 0 Å². The highest BCUT2D eigenvalue weighted by Crippen LogP contribution is 2.26. The molecule has 3 rings (SSSR count). The Balaban J connectivity index is 2.13. The summed E-state index contributed by atoms with van der Waals surface area (Å²) >= 11 is 0. The van der Waals surface area contributed by atoms with E-state index in [-0.39, 0.29) is 5.91 Å². The normalized spacial score (nSPS) is 11.0. The van der Waals surface area contributed by atoms with E-state index in [1.54, 1.807) is 6.33 Å². The first kappa shape index (κ1) is 13.4. The van der Waals surface area contributed by atoms with Gasteiger partial charge in [-0.05, 0) is 19.9 Å². The third-order valence-electron chi connectivity index (χ3n) is 3.69.